The Morgan fingerprint density at radius 1 is 0.667 bits per heavy atom. The maximum atomic E-state index is 15.2. The van der Waals surface area contributed by atoms with Crippen LogP contribution in [0.2, 0.25) is 0 Å². The Labute approximate surface area is 208 Å². The van der Waals surface area contributed by atoms with Crippen molar-refractivity contribution in [3.63, 3.8) is 0 Å². The summed E-state index contributed by atoms with van der Waals surface area (Å²) in [4.78, 5) is 0. The van der Waals surface area contributed by atoms with Gasteiger partial charge >= 0.3 is 6.18 Å². The van der Waals surface area contributed by atoms with Crippen molar-refractivity contribution in [2.75, 3.05) is 0 Å². The van der Waals surface area contributed by atoms with Crippen LogP contribution in [0.1, 0.15) is 54.9 Å². The van der Waals surface area contributed by atoms with Gasteiger partial charge in [0.1, 0.15) is 11.6 Å². The van der Waals surface area contributed by atoms with E-state index in [1.54, 1.807) is 36.4 Å². The van der Waals surface area contributed by atoms with Crippen LogP contribution in [0.5, 0.6) is 0 Å². The molecule has 0 spiro atoms. The smallest absolute Gasteiger partial charge is 0.206 e. The van der Waals surface area contributed by atoms with Gasteiger partial charge in [0.2, 0.25) is 0 Å². The van der Waals surface area contributed by atoms with Gasteiger partial charge in [-0.15, -0.1) is 0 Å². The van der Waals surface area contributed by atoms with Gasteiger partial charge in [0, 0.05) is 10.9 Å². The lowest BCUT2D eigenvalue weighted by atomic mass is 9.96. The van der Waals surface area contributed by atoms with Crippen molar-refractivity contribution in [3.05, 3.63) is 107 Å². The van der Waals surface area contributed by atoms with E-state index in [0.717, 1.165) is 43.4 Å². The summed E-state index contributed by atoms with van der Waals surface area (Å²) in [6.07, 6.45) is 1.81. The molecule has 0 fully saturated rings. The zero-order chi connectivity index (χ0) is 25.7. The summed E-state index contributed by atoms with van der Waals surface area (Å²) in [7, 11) is 0. The molecular weight excluding hydrogens is 467 g/mol. The molecule has 0 atom stereocenters. The second kappa shape index (κ2) is 11.2. The molecule has 4 aromatic rings. The standard InChI is InChI=1S/C31H29F5/c1-2-3-4-5-6-22-10-17-27(29(32)19-22)24-14-18-28-25(20-24)13-12-23(30(28)33)11-7-21-8-15-26(16-9-21)31(34,35)36/h8-10,12-20H,2-7,11H2,1H3. The molecule has 188 valence electrons. The summed E-state index contributed by atoms with van der Waals surface area (Å²) < 4.78 is 68.3. The minimum absolute atomic E-state index is 0.282. The summed E-state index contributed by atoms with van der Waals surface area (Å²) in [5.74, 6) is -0.634. The van der Waals surface area contributed by atoms with Gasteiger partial charge in [0.05, 0.1) is 5.56 Å². The summed E-state index contributed by atoms with van der Waals surface area (Å²) in [6.45, 7) is 2.16. The fraction of sp³-hybridized carbons (Fsp3) is 0.290. The summed E-state index contributed by atoms with van der Waals surface area (Å²) >= 11 is 0. The molecule has 0 bridgehead atoms. The molecule has 0 radical (unpaired) electrons. The summed E-state index contributed by atoms with van der Waals surface area (Å²) in [6, 6.07) is 19.0. The van der Waals surface area contributed by atoms with Crippen LogP contribution in [0, 0.1) is 11.6 Å². The normalized spacial score (nSPS) is 11.8. The Hall–Kier alpha value is -3.21. The minimum atomic E-state index is -4.37. The molecule has 5 heteroatoms. The Morgan fingerprint density at radius 3 is 2.11 bits per heavy atom. The highest BCUT2D eigenvalue weighted by atomic mass is 19.4. The maximum absolute atomic E-state index is 15.2. The molecule has 0 unspecified atom stereocenters. The van der Waals surface area contributed by atoms with E-state index in [9.17, 15) is 17.6 Å². The molecule has 4 aromatic carbocycles. The van der Waals surface area contributed by atoms with E-state index in [1.165, 1.54) is 18.6 Å². The van der Waals surface area contributed by atoms with Crippen molar-refractivity contribution in [2.24, 2.45) is 0 Å². The number of aryl methyl sites for hydroxylation is 3. The molecule has 0 aromatic heterocycles. The van der Waals surface area contributed by atoms with E-state index < -0.39 is 11.7 Å². The Bertz CT molecular complexity index is 1320. The van der Waals surface area contributed by atoms with E-state index in [-0.39, 0.29) is 11.6 Å². The second-order valence-electron chi connectivity index (χ2n) is 9.29. The fourth-order valence-electron chi connectivity index (χ4n) is 4.54. The molecule has 0 aliphatic heterocycles. The number of alkyl halides is 3. The third kappa shape index (κ3) is 6.13. The quantitative estimate of drug-likeness (QED) is 0.160. The largest absolute Gasteiger partial charge is 0.416 e. The topological polar surface area (TPSA) is 0 Å². The Kier molecular flexibility index (Phi) is 8.07. The van der Waals surface area contributed by atoms with Crippen LogP contribution in [0.25, 0.3) is 21.9 Å². The molecule has 36 heavy (non-hydrogen) atoms. The van der Waals surface area contributed by atoms with E-state index >= 15 is 4.39 Å². The second-order valence-corrected chi connectivity index (χ2v) is 9.29. The van der Waals surface area contributed by atoms with E-state index in [1.807, 2.05) is 12.1 Å². The number of halogens is 5. The summed E-state index contributed by atoms with van der Waals surface area (Å²) in [5.41, 5.74) is 2.67. The Morgan fingerprint density at radius 2 is 1.42 bits per heavy atom. The van der Waals surface area contributed by atoms with Crippen LogP contribution in [-0.4, -0.2) is 0 Å². The van der Waals surface area contributed by atoms with Crippen LogP contribution >= 0.6 is 0 Å². The SMILES string of the molecule is CCCCCCc1ccc(-c2ccc3c(F)c(CCc4ccc(C(F)(F)F)cc4)ccc3c2)c(F)c1. The number of benzene rings is 4. The predicted octanol–water partition coefficient (Wildman–Crippen LogP) is 9.71. The highest BCUT2D eigenvalue weighted by molar-refractivity contribution is 5.88. The van der Waals surface area contributed by atoms with Gasteiger partial charge in [-0.25, -0.2) is 8.78 Å². The van der Waals surface area contributed by atoms with Crippen molar-refractivity contribution >= 4 is 10.8 Å². The van der Waals surface area contributed by atoms with Gasteiger partial charge in [-0.05, 0) is 77.6 Å². The van der Waals surface area contributed by atoms with Crippen LogP contribution in [-0.2, 0) is 25.4 Å². The lowest BCUT2D eigenvalue weighted by Gasteiger charge is -2.11. The average molecular weight is 497 g/mol. The molecule has 0 aliphatic rings. The molecule has 0 heterocycles. The molecule has 0 N–H and O–H groups in total. The van der Waals surface area contributed by atoms with Crippen molar-refractivity contribution < 1.29 is 22.0 Å². The lowest BCUT2D eigenvalue weighted by Crippen LogP contribution is -2.04. The zero-order valence-electron chi connectivity index (χ0n) is 20.3. The van der Waals surface area contributed by atoms with Crippen LogP contribution in [0.4, 0.5) is 22.0 Å². The van der Waals surface area contributed by atoms with Crippen LogP contribution in [0.3, 0.4) is 0 Å². The van der Waals surface area contributed by atoms with E-state index in [2.05, 4.69) is 6.92 Å². The number of unbranched alkanes of at least 4 members (excludes halogenated alkanes) is 3. The molecule has 0 saturated carbocycles. The van der Waals surface area contributed by atoms with E-state index in [4.69, 9.17) is 0 Å². The zero-order valence-corrected chi connectivity index (χ0v) is 20.3. The van der Waals surface area contributed by atoms with Gasteiger partial charge in [0.15, 0.2) is 0 Å². The van der Waals surface area contributed by atoms with Crippen molar-refractivity contribution in [1.29, 1.82) is 0 Å². The maximum Gasteiger partial charge on any atom is 0.416 e. The number of rotatable bonds is 9. The molecule has 4 rings (SSSR count). The van der Waals surface area contributed by atoms with Gasteiger partial charge in [-0.2, -0.15) is 13.2 Å². The first-order chi connectivity index (χ1) is 17.3. The highest BCUT2D eigenvalue weighted by Crippen LogP contribution is 2.31. The number of hydrogen-bond acceptors (Lipinski definition) is 0. The first-order valence-corrected chi connectivity index (χ1v) is 12.4. The van der Waals surface area contributed by atoms with Gasteiger partial charge in [-0.1, -0.05) is 74.7 Å². The minimum Gasteiger partial charge on any atom is -0.206 e. The molecule has 0 nitrogen and oxygen atoms in total. The lowest BCUT2D eigenvalue weighted by molar-refractivity contribution is -0.137. The van der Waals surface area contributed by atoms with Gasteiger partial charge in [-0.3, -0.25) is 0 Å². The number of hydrogen-bond donors (Lipinski definition) is 0. The highest BCUT2D eigenvalue weighted by Gasteiger charge is 2.29. The first-order valence-electron chi connectivity index (χ1n) is 12.4. The van der Waals surface area contributed by atoms with Crippen LogP contribution < -0.4 is 0 Å². The monoisotopic (exact) mass is 496 g/mol. The van der Waals surface area contributed by atoms with Crippen molar-refractivity contribution in [1.82, 2.24) is 0 Å². The molecule has 0 saturated heterocycles. The Balaban J connectivity index is 1.48. The van der Waals surface area contributed by atoms with Crippen molar-refractivity contribution in [2.45, 2.75) is 58.0 Å². The van der Waals surface area contributed by atoms with Gasteiger partial charge in [0.25, 0.3) is 0 Å². The van der Waals surface area contributed by atoms with Crippen molar-refractivity contribution in [3.8, 4) is 11.1 Å². The fourth-order valence-corrected chi connectivity index (χ4v) is 4.54. The summed E-state index contributed by atoms with van der Waals surface area (Å²) in [5, 5.41) is 1.11. The molecule has 0 amide bonds. The third-order valence-corrected chi connectivity index (χ3v) is 6.66. The number of fused-ring (bicyclic) bond motifs is 1. The van der Waals surface area contributed by atoms with Crippen LogP contribution in [0.15, 0.2) is 72.8 Å². The molecular formula is C31H29F5. The first kappa shape index (κ1) is 25.9. The van der Waals surface area contributed by atoms with E-state index in [0.29, 0.717) is 45.9 Å². The predicted molar refractivity (Wildman–Crippen MR) is 136 cm³/mol. The molecule has 0 aliphatic carbocycles. The van der Waals surface area contributed by atoms with Gasteiger partial charge < -0.3 is 0 Å². The third-order valence-electron chi connectivity index (χ3n) is 6.66. The average Bonchev–Trinajstić information content (AvgIpc) is 2.86.